The number of non-ortho nitro benzene ring substituents is 1. The lowest BCUT2D eigenvalue weighted by atomic mass is 10.1. The van der Waals surface area contributed by atoms with E-state index in [-0.39, 0.29) is 5.69 Å². The topological polar surface area (TPSA) is 43.1 Å². The Labute approximate surface area is 85.4 Å². The second kappa shape index (κ2) is 3.94. The standard InChI is InChI=1S/C8H7Cl2NO2/c1-5-2-3-6(11(12)13)4-7(5)8(9)10/h2-4,8H,1H3. The van der Waals surface area contributed by atoms with E-state index in [4.69, 9.17) is 23.2 Å². The second-order valence-electron chi connectivity index (χ2n) is 2.60. The van der Waals surface area contributed by atoms with Crippen molar-refractivity contribution in [2.75, 3.05) is 0 Å². The Morgan fingerprint density at radius 2 is 2.08 bits per heavy atom. The molecule has 1 aromatic rings. The summed E-state index contributed by atoms with van der Waals surface area (Å²) in [4.78, 5) is 9.21. The van der Waals surface area contributed by atoms with E-state index in [0.717, 1.165) is 5.56 Å². The number of nitro groups is 1. The number of alkyl halides is 2. The van der Waals surface area contributed by atoms with Crippen molar-refractivity contribution < 1.29 is 4.92 Å². The number of nitro benzene ring substituents is 1. The smallest absolute Gasteiger partial charge is 0.258 e. The summed E-state index contributed by atoms with van der Waals surface area (Å²) >= 11 is 11.3. The first-order valence-electron chi connectivity index (χ1n) is 3.55. The van der Waals surface area contributed by atoms with Gasteiger partial charge in [-0.1, -0.05) is 6.07 Å². The van der Waals surface area contributed by atoms with Gasteiger partial charge in [-0.05, 0) is 18.1 Å². The molecule has 1 rings (SSSR count). The van der Waals surface area contributed by atoms with Gasteiger partial charge >= 0.3 is 0 Å². The van der Waals surface area contributed by atoms with Gasteiger partial charge in [-0.2, -0.15) is 0 Å². The van der Waals surface area contributed by atoms with Crippen molar-refractivity contribution in [1.82, 2.24) is 0 Å². The van der Waals surface area contributed by atoms with E-state index in [9.17, 15) is 10.1 Å². The van der Waals surface area contributed by atoms with Crippen molar-refractivity contribution in [2.24, 2.45) is 0 Å². The van der Waals surface area contributed by atoms with Crippen molar-refractivity contribution in [3.05, 3.63) is 39.4 Å². The molecule has 1 aromatic carbocycles. The predicted molar refractivity (Wildman–Crippen MR) is 52.3 cm³/mol. The van der Waals surface area contributed by atoms with Gasteiger partial charge in [-0.15, -0.1) is 23.2 Å². The van der Waals surface area contributed by atoms with Gasteiger partial charge < -0.3 is 0 Å². The average Bonchev–Trinajstić information content (AvgIpc) is 2.04. The van der Waals surface area contributed by atoms with Gasteiger partial charge in [0.1, 0.15) is 4.84 Å². The molecular weight excluding hydrogens is 213 g/mol. The highest BCUT2D eigenvalue weighted by molar-refractivity contribution is 6.44. The zero-order valence-electron chi connectivity index (χ0n) is 6.83. The summed E-state index contributed by atoms with van der Waals surface area (Å²) in [7, 11) is 0. The fourth-order valence-corrected chi connectivity index (χ4v) is 1.45. The largest absolute Gasteiger partial charge is 0.269 e. The van der Waals surface area contributed by atoms with Crippen LogP contribution in [0.5, 0.6) is 0 Å². The van der Waals surface area contributed by atoms with Gasteiger partial charge in [-0.25, -0.2) is 0 Å². The van der Waals surface area contributed by atoms with Crippen LogP contribution < -0.4 is 0 Å². The number of hydrogen-bond acceptors (Lipinski definition) is 2. The molecule has 70 valence electrons. The minimum absolute atomic E-state index is 0.00639. The molecule has 0 atom stereocenters. The molecule has 0 saturated carbocycles. The lowest BCUT2D eigenvalue weighted by Crippen LogP contribution is -1.92. The molecule has 0 amide bonds. The molecule has 3 nitrogen and oxygen atoms in total. The fourth-order valence-electron chi connectivity index (χ4n) is 0.977. The maximum atomic E-state index is 10.4. The summed E-state index contributed by atoms with van der Waals surface area (Å²) in [6.07, 6.45) is 0. The number of rotatable bonds is 2. The van der Waals surface area contributed by atoms with E-state index in [2.05, 4.69) is 0 Å². The molecule has 0 bridgehead atoms. The number of benzene rings is 1. The second-order valence-corrected chi connectivity index (χ2v) is 3.69. The predicted octanol–water partition coefficient (Wildman–Crippen LogP) is 3.38. The summed E-state index contributed by atoms with van der Waals surface area (Å²) in [5.74, 6) is 0. The minimum atomic E-state index is -0.722. The number of aryl methyl sites for hydroxylation is 1. The van der Waals surface area contributed by atoms with E-state index >= 15 is 0 Å². The summed E-state index contributed by atoms with van der Waals surface area (Å²) in [5.41, 5.74) is 1.44. The van der Waals surface area contributed by atoms with Crippen LogP contribution in [0.15, 0.2) is 18.2 Å². The molecular formula is C8H7Cl2NO2. The van der Waals surface area contributed by atoms with Gasteiger partial charge in [0.05, 0.1) is 4.92 Å². The van der Waals surface area contributed by atoms with E-state index in [1.54, 1.807) is 13.0 Å². The fraction of sp³-hybridized carbons (Fsp3) is 0.250. The average molecular weight is 220 g/mol. The molecule has 0 fully saturated rings. The van der Waals surface area contributed by atoms with Crippen LogP contribution in [0.1, 0.15) is 16.0 Å². The van der Waals surface area contributed by atoms with E-state index in [1.807, 2.05) is 0 Å². The van der Waals surface area contributed by atoms with E-state index in [0.29, 0.717) is 5.56 Å². The molecule has 0 radical (unpaired) electrons. The van der Waals surface area contributed by atoms with Crippen LogP contribution in [-0.4, -0.2) is 4.92 Å². The molecule has 13 heavy (non-hydrogen) atoms. The van der Waals surface area contributed by atoms with Crippen LogP contribution in [0, 0.1) is 17.0 Å². The van der Waals surface area contributed by atoms with Gasteiger partial charge in [0.15, 0.2) is 0 Å². The van der Waals surface area contributed by atoms with Gasteiger partial charge in [0, 0.05) is 12.1 Å². The zero-order valence-corrected chi connectivity index (χ0v) is 8.34. The summed E-state index contributed by atoms with van der Waals surface area (Å²) < 4.78 is 0. The lowest BCUT2D eigenvalue weighted by molar-refractivity contribution is -0.384. The Morgan fingerprint density at radius 3 is 2.54 bits per heavy atom. The Hall–Kier alpha value is -0.800. The summed E-state index contributed by atoms with van der Waals surface area (Å²) in [6.45, 7) is 1.80. The molecule has 0 heterocycles. The third-order valence-corrected chi connectivity index (χ3v) is 2.18. The maximum absolute atomic E-state index is 10.4. The molecule has 0 aliphatic heterocycles. The maximum Gasteiger partial charge on any atom is 0.269 e. The highest BCUT2D eigenvalue weighted by Gasteiger charge is 2.12. The number of halogens is 2. The van der Waals surface area contributed by atoms with Crippen molar-refractivity contribution in [3.63, 3.8) is 0 Å². The highest BCUT2D eigenvalue weighted by atomic mass is 35.5. The highest BCUT2D eigenvalue weighted by Crippen LogP contribution is 2.30. The van der Waals surface area contributed by atoms with E-state index < -0.39 is 9.76 Å². The molecule has 0 saturated heterocycles. The normalized spacial score (nSPS) is 10.5. The Morgan fingerprint density at radius 1 is 1.46 bits per heavy atom. The Bertz CT molecular complexity index is 339. The Balaban J connectivity index is 3.19. The first-order valence-corrected chi connectivity index (χ1v) is 4.42. The first-order chi connectivity index (χ1) is 6.02. The Kier molecular flexibility index (Phi) is 3.12. The lowest BCUT2D eigenvalue weighted by Gasteiger charge is -2.04. The van der Waals surface area contributed by atoms with Crippen LogP contribution in [0.3, 0.4) is 0 Å². The summed E-state index contributed by atoms with van der Waals surface area (Å²) in [6, 6.07) is 4.44. The van der Waals surface area contributed by atoms with Gasteiger partial charge in [0.2, 0.25) is 0 Å². The third-order valence-electron chi connectivity index (χ3n) is 1.71. The van der Waals surface area contributed by atoms with Crippen molar-refractivity contribution in [1.29, 1.82) is 0 Å². The van der Waals surface area contributed by atoms with Crippen molar-refractivity contribution in [3.8, 4) is 0 Å². The van der Waals surface area contributed by atoms with Crippen LogP contribution in [-0.2, 0) is 0 Å². The number of hydrogen-bond donors (Lipinski definition) is 0. The minimum Gasteiger partial charge on any atom is -0.258 e. The van der Waals surface area contributed by atoms with Crippen LogP contribution in [0.2, 0.25) is 0 Å². The van der Waals surface area contributed by atoms with Crippen LogP contribution in [0.25, 0.3) is 0 Å². The third kappa shape index (κ3) is 2.32. The molecule has 0 aliphatic rings. The molecule has 0 N–H and O–H groups in total. The van der Waals surface area contributed by atoms with Crippen LogP contribution >= 0.6 is 23.2 Å². The zero-order chi connectivity index (χ0) is 10.0. The molecule has 5 heteroatoms. The van der Waals surface area contributed by atoms with Gasteiger partial charge in [0.25, 0.3) is 5.69 Å². The van der Waals surface area contributed by atoms with Crippen molar-refractivity contribution >= 4 is 28.9 Å². The SMILES string of the molecule is Cc1ccc([N+](=O)[O-])cc1C(Cl)Cl. The van der Waals surface area contributed by atoms with Gasteiger partial charge in [-0.3, -0.25) is 10.1 Å². The molecule has 0 aromatic heterocycles. The quantitative estimate of drug-likeness (QED) is 0.435. The summed E-state index contributed by atoms with van der Waals surface area (Å²) in [5, 5.41) is 10.4. The molecule has 0 aliphatic carbocycles. The monoisotopic (exact) mass is 219 g/mol. The van der Waals surface area contributed by atoms with Crippen LogP contribution in [0.4, 0.5) is 5.69 Å². The first kappa shape index (κ1) is 10.3. The van der Waals surface area contributed by atoms with Crippen molar-refractivity contribution in [2.45, 2.75) is 11.8 Å². The van der Waals surface area contributed by atoms with E-state index in [1.165, 1.54) is 12.1 Å². The molecule has 0 spiro atoms. The number of nitrogens with zero attached hydrogens (tertiary/aromatic N) is 1. The molecule has 0 unspecified atom stereocenters.